The van der Waals surface area contributed by atoms with Gasteiger partial charge < -0.3 is 25.8 Å². The van der Waals surface area contributed by atoms with E-state index in [-0.39, 0.29) is 47.5 Å². The van der Waals surface area contributed by atoms with Crippen molar-refractivity contribution in [3.8, 4) is 11.5 Å². The number of fused-ring (bicyclic) bond motifs is 1. The first-order chi connectivity index (χ1) is 24.9. The maximum absolute atomic E-state index is 13.3. The highest BCUT2D eigenvalue weighted by atomic mass is 35.5. The first kappa shape index (κ1) is 43.8. The lowest BCUT2D eigenvalue weighted by Gasteiger charge is -2.43. The minimum atomic E-state index is -0.262. The highest BCUT2D eigenvalue weighted by Gasteiger charge is 2.39. The van der Waals surface area contributed by atoms with Crippen LogP contribution >= 0.6 is 24.8 Å². The molecule has 0 saturated heterocycles. The summed E-state index contributed by atoms with van der Waals surface area (Å²) in [5.41, 5.74) is 11.7. The number of aryl methyl sites for hydroxylation is 1. The second-order valence-electron chi connectivity index (χ2n) is 14.0. The van der Waals surface area contributed by atoms with E-state index in [0.29, 0.717) is 25.9 Å². The summed E-state index contributed by atoms with van der Waals surface area (Å²) in [5, 5.41) is 7.18. The summed E-state index contributed by atoms with van der Waals surface area (Å²) in [6.07, 6.45) is 10.9. The van der Waals surface area contributed by atoms with Gasteiger partial charge >= 0.3 is 0 Å². The van der Waals surface area contributed by atoms with Crippen LogP contribution in [0.25, 0.3) is 0 Å². The van der Waals surface area contributed by atoms with Gasteiger partial charge in [-0.15, -0.1) is 24.8 Å². The summed E-state index contributed by atoms with van der Waals surface area (Å²) < 4.78 is 24.8. The Morgan fingerprint density at radius 3 is 2.04 bits per heavy atom. The topological polar surface area (TPSA) is 85.6 Å². The summed E-state index contributed by atoms with van der Waals surface area (Å²) in [4.78, 5) is 12.8. The van der Waals surface area contributed by atoms with Gasteiger partial charge in [0, 0.05) is 30.5 Å². The molecule has 4 aromatic rings. The number of hydrogen-bond acceptors (Lipinski definition) is 5. The molecule has 4 aromatic carbocycles. The van der Waals surface area contributed by atoms with Crippen molar-refractivity contribution in [2.24, 2.45) is 5.73 Å². The van der Waals surface area contributed by atoms with E-state index in [9.17, 15) is 9.18 Å². The summed E-state index contributed by atoms with van der Waals surface area (Å²) in [5.74, 6) is 1.32. The van der Waals surface area contributed by atoms with E-state index in [1.54, 1.807) is 26.4 Å². The average molecular weight is 767 g/mol. The first-order valence-corrected chi connectivity index (χ1v) is 18.8. The highest BCUT2D eigenvalue weighted by Crippen LogP contribution is 2.46. The fourth-order valence-corrected chi connectivity index (χ4v) is 8.11. The van der Waals surface area contributed by atoms with Crippen molar-refractivity contribution in [3.05, 3.63) is 131 Å². The average Bonchev–Trinajstić information content (AvgIpc) is 3.17. The lowest BCUT2D eigenvalue weighted by molar-refractivity contribution is -0.121. The zero-order valence-corrected chi connectivity index (χ0v) is 33.0. The maximum Gasteiger partial charge on any atom is 0.220 e. The summed E-state index contributed by atoms with van der Waals surface area (Å²) in [6, 6.07) is 32.6. The number of carbonyl (C=O) groups excluding carboxylic acids is 1. The van der Waals surface area contributed by atoms with E-state index in [4.69, 9.17) is 15.2 Å². The number of nitrogens with two attached hydrogens (primary N) is 1. The molecule has 0 aromatic heterocycles. The van der Waals surface area contributed by atoms with Crippen molar-refractivity contribution in [1.82, 2.24) is 10.6 Å². The minimum Gasteiger partial charge on any atom is -0.493 e. The molecule has 1 unspecified atom stereocenters. The van der Waals surface area contributed by atoms with E-state index in [1.807, 2.05) is 0 Å². The summed E-state index contributed by atoms with van der Waals surface area (Å²) >= 11 is 0. The van der Waals surface area contributed by atoms with Gasteiger partial charge in [-0.3, -0.25) is 4.79 Å². The van der Waals surface area contributed by atoms with Crippen molar-refractivity contribution >= 4 is 30.7 Å². The number of amides is 1. The number of hydrogen-bond donors (Lipinski definition) is 3. The molecule has 1 aliphatic rings. The molecule has 1 atom stereocenters. The number of unbranched alkanes of at least 4 members (excludes halogenated alkanes) is 2. The van der Waals surface area contributed by atoms with Gasteiger partial charge in [0.05, 0.1) is 14.2 Å². The van der Waals surface area contributed by atoms with Crippen LogP contribution in [-0.4, -0.2) is 39.8 Å². The molecule has 1 aliphatic heterocycles. The van der Waals surface area contributed by atoms with E-state index in [0.717, 1.165) is 87.8 Å². The third-order valence-corrected chi connectivity index (χ3v) is 10.8. The lowest BCUT2D eigenvalue weighted by atomic mass is 9.66. The minimum absolute atomic E-state index is 0. The molecule has 6 nitrogen and oxygen atoms in total. The zero-order chi connectivity index (χ0) is 35.9. The molecule has 5 rings (SSSR count). The van der Waals surface area contributed by atoms with Crippen LogP contribution < -0.4 is 25.8 Å². The highest BCUT2D eigenvalue weighted by molar-refractivity contribution is 5.85. The number of rotatable bonds is 20. The van der Waals surface area contributed by atoms with Gasteiger partial charge in [-0.2, -0.15) is 0 Å². The van der Waals surface area contributed by atoms with Crippen LogP contribution in [0.2, 0.25) is 0 Å². The van der Waals surface area contributed by atoms with Crippen LogP contribution in [0.3, 0.4) is 0 Å². The quantitative estimate of drug-likeness (QED) is 0.0782. The Morgan fingerprint density at radius 2 is 1.42 bits per heavy atom. The smallest absolute Gasteiger partial charge is 0.220 e. The normalized spacial score (nSPS) is 15.0. The predicted molar refractivity (Wildman–Crippen MR) is 219 cm³/mol. The second-order valence-corrected chi connectivity index (χ2v) is 14.0. The van der Waals surface area contributed by atoms with Crippen LogP contribution in [0.5, 0.6) is 11.5 Å². The van der Waals surface area contributed by atoms with Gasteiger partial charge in [0.2, 0.25) is 5.91 Å². The third-order valence-electron chi connectivity index (χ3n) is 10.8. The zero-order valence-electron chi connectivity index (χ0n) is 31.3. The molecule has 0 bridgehead atoms. The fraction of sp³-hybridized carbons (Fsp3) is 0.432. The molecule has 1 amide bonds. The van der Waals surface area contributed by atoms with Crippen LogP contribution in [0.15, 0.2) is 97.1 Å². The summed E-state index contributed by atoms with van der Waals surface area (Å²) in [6.45, 7) is 2.24. The Morgan fingerprint density at radius 1 is 0.811 bits per heavy atom. The molecular formula is C44H58Cl2FN3O3. The van der Waals surface area contributed by atoms with Crippen molar-refractivity contribution in [3.63, 3.8) is 0 Å². The van der Waals surface area contributed by atoms with Gasteiger partial charge in [0.1, 0.15) is 5.82 Å². The molecule has 0 spiro atoms. The number of halogens is 3. The molecule has 0 fully saturated rings. The van der Waals surface area contributed by atoms with Crippen molar-refractivity contribution in [2.75, 3.05) is 33.9 Å². The van der Waals surface area contributed by atoms with E-state index >= 15 is 0 Å². The largest absolute Gasteiger partial charge is 0.493 e. The first-order valence-electron chi connectivity index (χ1n) is 18.8. The van der Waals surface area contributed by atoms with E-state index < -0.39 is 0 Å². The van der Waals surface area contributed by atoms with Crippen molar-refractivity contribution in [1.29, 1.82) is 0 Å². The third kappa shape index (κ3) is 11.4. The maximum atomic E-state index is 13.3. The SMILES string of the molecule is COc1cc2c(cc1OC)C(CCCCCN)(CCCC(CCCNC(=O)CCc1ccc(F)cc1)(c1ccccc1)c1ccccc1)NCC2.Cl.Cl. The van der Waals surface area contributed by atoms with Crippen molar-refractivity contribution in [2.45, 2.75) is 88.0 Å². The molecule has 9 heteroatoms. The Balaban J connectivity index is 0.00000378. The van der Waals surface area contributed by atoms with Gasteiger partial charge in [-0.05, 0) is 110 Å². The Labute approximate surface area is 328 Å². The Bertz CT molecular complexity index is 1620. The van der Waals surface area contributed by atoms with Crippen molar-refractivity contribution < 1.29 is 18.7 Å². The van der Waals surface area contributed by atoms with Gasteiger partial charge in [0.15, 0.2) is 11.5 Å². The molecule has 4 N–H and O–H groups in total. The van der Waals surface area contributed by atoms with Crippen LogP contribution in [0.1, 0.15) is 92.0 Å². The monoisotopic (exact) mass is 765 g/mol. The van der Waals surface area contributed by atoms with Gasteiger partial charge in [-0.1, -0.05) is 92.1 Å². The lowest BCUT2D eigenvalue weighted by Crippen LogP contribution is -2.47. The molecule has 0 aliphatic carbocycles. The molecular weight excluding hydrogens is 708 g/mol. The molecule has 0 saturated carbocycles. The number of benzene rings is 4. The van der Waals surface area contributed by atoms with E-state index in [2.05, 4.69) is 83.4 Å². The number of ether oxygens (including phenoxy) is 2. The van der Waals surface area contributed by atoms with Crippen LogP contribution in [0.4, 0.5) is 4.39 Å². The predicted octanol–water partition coefficient (Wildman–Crippen LogP) is 9.23. The molecule has 288 valence electrons. The van der Waals surface area contributed by atoms with Crippen LogP contribution in [-0.2, 0) is 28.6 Å². The number of methoxy groups -OCH3 is 2. The second kappa shape index (κ2) is 21.9. The Kier molecular flexibility index (Phi) is 18.1. The molecule has 1 heterocycles. The van der Waals surface area contributed by atoms with E-state index in [1.165, 1.54) is 34.4 Å². The Hall–Kier alpha value is -3.62. The molecule has 0 radical (unpaired) electrons. The number of nitrogens with one attached hydrogen (secondary N) is 2. The standard InChI is InChI=1S/C44H56FN3O3.2ClH/c1-50-40-32-35-24-31-48-44(27-10-5-11-29-46,39(35)33-41(40)51-2)28-12-25-43(36-14-6-3-7-15-36,37-16-8-4-9-17-37)26-13-30-47-42(49)23-20-34-18-21-38(45)22-19-34;;/h3-4,6-9,14-19,21-22,32-33,48H,5,10-13,20,23-31,46H2,1-2H3,(H,47,49);2*1H. The molecule has 53 heavy (non-hydrogen) atoms. The van der Waals surface area contributed by atoms with Crippen LogP contribution in [0, 0.1) is 5.82 Å². The van der Waals surface area contributed by atoms with Gasteiger partial charge in [0.25, 0.3) is 0 Å². The van der Waals surface area contributed by atoms with Gasteiger partial charge in [-0.25, -0.2) is 4.39 Å². The number of carbonyl (C=O) groups is 1. The summed E-state index contributed by atoms with van der Waals surface area (Å²) in [7, 11) is 3.42. The fourth-order valence-electron chi connectivity index (χ4n) is 8.11.